The monoisotopic (exact) mass is 271 g/mol. The molecule has 4 nitrogen and oxygen atoms in total. The molecule has 0 atom stereocenters. The Balaban J connectivity index is 1.81. The molecule has 0 unspecified atom stereocenters. The lowest BCUT2D eigenvalue weighted by molar-refractivity contribution is 0.530. The van der Waals surface area contributed by atoms with Crippen molar-refractivity contribution in [3.63, 3.8) is 0 Å². The van der Waals surface area contributed by atoms with E-state index in [-0.39, 0.29) is 0 Å². The Morgan fingerprint density at radius 2 is 1.89 bits per heavy atom. The second kappa shape index (κ2) is 4.85. The Labute approximate surface area is 115 Å². The summed E-state index contributed by atoms with van der Waals surface area (Å²) in [6.07, 6.45) is 0.769. The molecule has 0 fully saturated rings. The molecule has 3 rings (SSSR count). The van der Waals surface area contributed by atoms with E-state index in [4.69, 9.17) is 16.6 Å². The van der Waals surface area contributed by atoms with Gasteiger partial charge >= 0.3 is 0 Å². The van der Waals surface area contributed by atoms with Gasteiger partial charge in [0.2, 0.25) is 4.77 Å². The van der Waals surface area contributed by atoms with Crippen molar-refractivity contribution in [2.75, 3.05) is 0 Å². The van der Waals surface area contributed by atoms with Gasteiger partial charge in [-0.1, -0.05) is 29.8 Å². The van der Waals surface area contributed by atoms with Gasteiger partial charge in [0.15, 0.2) is 11.6 Å². The van der Waals surface area contributed by atoms with Gasteiger partial charge in [0.25, 0.3) is 0 Å². The molecule has 0 aliphatic rings. The van der Waals surface area contributed by atoms with Crippen LogP contribution in [0.15, 0.2) is 40.8 Å². The lowest BCUT2D eigenvalue weighted by atomic mass is 10.1. The molecule has 0 spiro atoms. The molecule has 0 saturated heterocycles. The average molecular weight is 271 g/mol. The third-order valence-corrected chi connectivity index (χ3v) is 3.09. The van der Waals surface area contributed by atoms with Crippen molar-refractivity contribution in [3.8, 4) is 11.6 Å². The van der Waals surface area contributed by atoms with Crippen molar-refractivity contribution in [2.45, 2.75) is 13.3 Å². The first kappa shape index (κ1) is 11.9. The number of rotatable bonds is 3. The zero-order chi connectivity index (χ0) is 13.2. The highest BCUT2D eigenvalue weighted by atomic mass is 32.1. The molecule has 0 radical (unpaired) electrons. The predicted octanol–water partition coefficient (Wildman–Crippen LogP) is 3.63. The molecule has 2 heterocycles. The van der Waals surface area contributed by atoms with E-state index in [2.05, 4.69) is 46.4 Å². The van der Waals surface area contributed by atoms with Crippen LogP contribution in [-0.4, -0.2) is 15.2 Å². The van der Waals surface area contributed by atoms with Gasteiger partial charge < -0.3 is 4.42 Å². The van der Waals surface area contributed by atoms with Crippen molar-refractivity contribution < 1.29 is 4.42 Å². The molecule has 5 heteroatoms. The summed E-state index contributed by atoms with van der Waals surface area (Å²) < 4.78 is 6.18. The van der Waals surface area contributed by atoms with Crippen LogP contribution in [0.2, 0.25) is 0 Å². The predicted molar refractivity (Wildman–Crippen MR) is 75.5 cm³/mol. The highest BCUT2D eigenvalue weighted by molar-refractivity contribution is 7.71. The minimum absolute atomic E-state index is 0.423. The number of nitrogens with zero attached hydrogens (tertiary/aromatic N) is 1. The molecule has 3 aromatic rings. The van der Waals surface area contributed by atoms with Gasteiger partial charge in [-0.15, -0.1) is 0 Å². The number of hydrogen-bond donors (Lipinski definition) is 2. The van der Waals surface area contributed by atoms with Gasteiger partial charge in [-0.25, -0.2) is 0 Å². The summed E-state index contributed by atoms with van der Waals surface area (Å²) in [6, 6.07) is 12.3. The second-order valence-corrected chi connectivity index (χ2v) is 4.83. The number of hydrogen-bond acceptors (Lipinski definition) is 3. The van der Waals surface area contributed by atoms with E-state index in [1.54, 1.807) is 0 Å². The van der Waals surface area contributed by atoms with Crippen molar-refractivity contribution in [2.24, 2.45) is 0 Å². The maximum Gasteiger partial charge on any atom is 0.213 e. The van der Waals surface area contributed by atoms with E-state index in [1.165, 1.54) is 11.1 Å². The fraction of sp³-hybridized carbons (Fsp3) is 0.143. The molecule has 0 amide bonds. The molecule has 19 heavy (non-hydrogen) atoms. The van der Waals surface area contributed by atoms with Crippen LogP contribution in [-0.2, 0) is 6.42 Å². The topological polar surface area (TPSA) is 57.6 Å². The van der Waals surface area contributed by atoms with E-state index in [9.17, 15) is 0 Å². The minimum Gasteiger partial charge on any atom is -0.457 e. The Kier molecular flexibility index (Phi) is 3.05. The second-order valence-electron chi connectivity index (χ2n) is 4.44. The molecule has 2 N–H and O–H groups in total. The third kappa shape index (κ3) is 2.66. The largest absolute Gasteiger partial charge is 0.457 e. The summed E-state index contributed by atoms with van der Waals surface area (Å²) in [5.74, 6) is 2.22. The molecule has 0 saturated carbocycles. The highest BCUT2D eigenvalue weighted by Gasteiger charge is 2.08. The lowest BCUT2D eigenvalue weighted by Crippen LogP contribution is -1.85. The number of furan rings is 1. The Hall–Kier alpha value is -2.14. The number of aromatic amines is 2. The van der Waals surface area contributed by atoms with Crippen LogP contribution in [0.4, 0.5) is 0 Å². The normalized spacial score (nSPS) is 10.8. The lowest BCUT2D eigenvalue weighted by Gasteiger charge is -1.99. The van der Waals surface area contributed by atoms with Gasteiger partial charge in [-0.3, -0.25) is 10.2 Å². The van der Waals surface area contributed by atoms with Gasteiger partial charge in [-0.2, -0.15) is 4.98 Å². The Morgan fingerprint density at radius 3 is 2.58 bits per heavy atom. The quantitative estimate of drug-likeness (QED) is 0.715. The van der Waals surface area contributed by atoms with Crippen LogP contribution in [0.1, 0.15) is 16.9 Å². The van der Waals surface area contributed by atoms with Crippen LogP contribution in [0.25, 0.3) is 11.6 Å². The standard InChI is InChI=1S/C14H13N3OS/c1-9-2-4-10(5-3-9)8-11-6-7-12(18-11)13-15-14(19)17-16-13/h2-7H,8H2,1H3,(H2,15,16,17,19). The zero-order valence-electron chi connectivity index (χ0n) is 10.4. The van der Waals surface area contributed by atoms with Crippen LogP contribution in [0.5, 0.6) is 0 Å². The van der Waals surface area contributed by atoms with Crippen LogP contribution >= 0.6 is 12.2 Å². The van der Waals surface area contributed by atoms with Crippen LogP contribution in [0, 0.1) is 11.7 Å². The first-order valence-electron chi connectivity index (χ1n) is 6.00. The zero-order valence-corrected chi connectivity index (χ0v) is 11.3. The van der Waals surface area contributed by atoms with E-state index >= 15 is 0 Å². The van der Waals surface area contributed by atoms with Crippen molar-refractivity contribution >= 4 is 12.2 Å². The summed E-state index contributed by atoms with van der Waals surface area (Å²) in [7, 11) is 0. The van der Waals surface area contributed by atoms with Crippen LogP contribution in [0.3, 0.4) is 0 Å². The number of aromatic nitrogens is 3. The molecule has 0 aliphatic heterocycles. The molecule has 1 aromatic carbocycles. The molecular formula is C14H13N3OS. The first-order valence-corrected chi connectivity index (χ1v) is 6.41. The summed E-state index contributed by atoms with van der Waals surface area (Å²) in [6.45, 7) is 2.08. The number of benzene rings is 1. The molecule has 0 bridgehead atoms. The van der Waals surface area contributed by atoms with Crippen molar-refractivity contribution in [1.29, 1.82) is 0 Å². The number of nitrogens with one attached hydrogen (secondary N) is 2. The van der Waals surface area contributed by atoms with Crippen molar-refractivity contribution in [1.82, 2.24) is 15.2 Å². The van der Waals surface area contributed by atoms with Gasteiger partial charge in [0.05, 0.1) is 0 Å². The molecule has 96 valence electrons. The third-order valence-electron chi connectivity index (χ3n) is 2.90. The van der Waals surface area contributed by atoms with E-state index in [0.717, 1.165) is 12.2 Å². The summed E-state index contributed by atoms with van der Waals surface area (Å²) in [5.41, 5.74) is 2.48. The summed E-state index contributed by atoms with van der Waals surface area (Å²) >= 11 is 4.92. The smallest absolute Gasteiger partial charge is 0.213 e. The molecule has 2 aromatic heterocycles. The van der Waals surface area contributed by atoms with E-state index < -0.39 is 0 Å². The maximum atomic E-state index is 5.76. The molecule has 0 aliphatic carbocycles. The summed E-state index contributed by atoms with van der Waals surface area (Å²) in [5, 5.41) is 5.62. The van der Waals surface area contributed by atoms with Crippen molar-refractivity contribution in [3.05, 3.63) is 58.1 Å². The van der Waals surface area contributed by atoms with E-state index in [1.807, 2.05) is 12.1 Å². The fourth-order valence-electron chi connectivity index (χ4n) is 1.89. The number of aryl methyl sites for hydroxylation is 1. The van der Waals surface area contributed by atoms with E-state index in [0.29, 0.717) is 16.4 Å². The number of H-pyrrole nitrogens is 2. The van der Waals surface area contributed by atoms with Gasteiger partial charge in [-0.05, 0) is 36.8 Å². The SMILES string of the molecule is Cc1ccc(Cc2ccc(-c3nc(=S)[nH][nH]3)o2)cc1. The van der Waals surface area contributed by atoms with Crippen LogP contribution < -0.4 is 0 Å². The minimum atomic E-state index is 0.423. The van der Waals surface area contributed by atoms with Gasteiger partial charge in [0.1, 0.15) is 5.76 Å². The fourth-order valence-corrected chi connectivity index (χ4v) is 2.04. The average Bonchev–Trinajstić information content (AvgIpc) is 3.01. The molecular weight excluding hydrogens is 258 g/mol. The Morgan fingerprint density at radius 1 is 1.11 bits per heavy atom. The van der Waals surface area contributed by atoms with Gasteiger partial charge in [0, 0.05) is 6.42 Å². The maximum absolute atomic E-state index is 5.76. The Bertz CT molecular complexity index is 736. The first-order chi connectivity index (χ1) is 9.20. The summed E-state index contributed by atoms with van der Waals surface area (Å²) in [4.78, 5) is 4.12. The highest BCUT2D eigenvalue weighted by Crippen LogP contribution is 2.20.